The molecule has 140 valence electrons. The summed E-state index contributed by atoms with van der Waals surface area (Å²) in [5.74, 6) is 0.220. The monoisotopic (exact) mass is 389 g/mol. The molecule has 28 heavy (non-hydrogen) atoms. The Balaban J connectivity index is 1.45. The van der Waals surface area contributed by atoms with Gasteiger partial charge in [-0.1, -0.05) is 29.8 Å². The van der Waals surface area contributed by atoms with E-state index in [1.165, 1.54) is 16.9 Å². The molecule has 0 aliphatic rings. The van der Waals surface area contributed by atoms with Crippen LogP contribution < -0.4 is 5.32 Å². The van der Waals surface area contributed by atoms with Crippen molar-refractivity contribution < 1.29 is 4.79 Å². The van der Waals surface area contributed by atoms with Crippen molar-refractivity contribution in [3.63, 3.8) is 0 Å². The highest BCUT2D eigenvalue weighted by Gasteiger charge is 2.14. The third-order valence-corrected chi connectivity index (χ3v) is 5.16. The van der Waals surface area contributed by atoms with E-state index in [0.29, 0.717) is 18.1 Å². The Morgan fingerprint density at radius 2 is 2.07 bits per heavy atom. The van der Waals surface area contributed by atoms with Gasteiger partial charge in [-0.15, -0.1) is 11.3 Å². The number of anilines is 1. The van der Waals surface area contributed by atoms with E-state index in [9.17, 15) is 4.79 Å². The van der Waals surface area contributed by atoms with Crippen molar-refractivity contribution in [1.29, 1.82) is 0 Å². The molecule has 0 aliphatic carbocycles. The molecule has 1 aromatic carbocycles. The maximum absolute atomic E-state index is 12.5. The number of hydrogen-bond donors (Lipinski definition) is 1. The summed E-state index contributed by atoms with van der Waals surface area (Å²) in [7, 11) is 0. The third kappa shape index (κ3) is 3.99. The van der Waals surface area contributed by atoms with E-state index >= 15 is 0 Å². The van der Waals surface area contributed by atoms with Crippen LogP contribution in [0.4, 0.5) is 5.82 Å². The van der Waals surface area contributed by atoms with Gasteiger partial charge in [0.05, 0.1) is 12.2 Å². The van der Waals surface area contributed by atoms with E-state index in [4.69, 9.17) is 0 Å². The van der Waals surface area contributed by atoms with E-state index < -0.39 is 0 Å². The minimum atomic E-state index is -0.268. The number of benzene rings is 1. The Hall–Kier alpha value is -3.32. The minimum Gasteiger partial charge on any atom is -0.304 e. The SMILES string of the molecule is Cc1ccc(-c2nc(C(=O)Nc3ccn(Cc4ccccn4)n3)cs2)c(C)c1. The Morgan fingerprint density at radius 1 is 1.18 bits per heavy atom. The summed E-state index contributed by atoms with van der Waals surface area (Å²) < 4.78 is 1.74. The van der Waals surface area contributed by atoms with Crippen LogP contribution in [0.1, 0.15) is 27.3 Å². The normalized spacial score (nSPS) is 10.8. The molecule has 0 bridgehead atoms. The number of amides is 1. The van der Waals surface area contributed by atoms with Gasteiger partial charge in [0, 0.05) is 29.4 Å². The molecular formula is C21H19N5OS. The van der Waals surface area contributed by atoms with Gasteiger partial charge in [-0.3, -0.25) is 14.5 Å². The second-order valence-corrected chi connectivity index (χ2v) is 7.39. The van der Waals surface area contributed by atoms with Crippen molar-refractivity contribution in [3.8, 4) is 10.6 Å². The number of carbonyl (C=O) groups is 1. The average Bonchev–Trinajstić information content (AvgIpc) is 3.32. The number of rotatable bonds is 5. The summed E-state index contributed by atoms with van der Waals surface area (Å²) in [6, 6.07) is 13.7. The Bertz CT molecular complexity index is 1120. The van der Waals surface area contributed by atoms with Crippen LogP contribution in [-0.2, 0) is 6.54 Å². The third-order valence-electron chi connectivity index (χ3n) is 4.28. The van der Waals surface area contributed by atoms with E-state index in [1.54, 1.807) is 22.3 Å². The first-order valence-corrected chi connectivity index (χ1v) is 9.74. The summed E-state index contributed by atoms with van der Waals surface area (Å²) in [5.41, 5.74) is 4.70. The maximum Gasteiger partial charge on any atom is 0.276 e. The minimum absolute atomic E-state index is 0.268. The first-order valence-electron chi connectivity index (χ1n) is 8.86. The van der Waals surface area contributed by atoms with Crippen LogP contribution >= 0.6 is 11.3 Å². The number of thiazole rings is 1. The molecule has 4 rings (SSSR count). The zero-order valence-corrected chi connectivity index (χ0v) is 16.4. The van der Waals surface area contributed by atoms with Gasteiger partial charge in [0.15, 0.2) is 5.82 Å². The summed E-state index contributed by atoms with van der Waals surface area (Å²) in [5, 5.41) is 9.80. The fourth-order valence-electron chi connectivity index (χ4n) is 2.91. The molecule has 1 N–H and O–H groups in total. The summed E-state index contributed by atoms with van der Waals surface area (Å²) in [6.07, 6.45) is 3.56. The lowest BCUT2D eigenvalue weighted by molar-refractivity contribution is 0.102. The Morgan fingerprint density at radius 3 is 2.86 bits per heavy atom. The molecule has 0 saturated carbocycles. The topological polar surface area (TPSA) is 72.7 Å². The number of nitrogens with zero attached hydrogens (tertiary/aromatic N) is 4. The van der Waals surface area contributed by atoms with Crippen molar-refractivity contribution in [1.82, 2.24) is 19.7 Å². The highest BCUT2D eigenvalue weighted by atomic mass is 32.1. The zero-order valence-electron chi connectivity index (χ0n) is 15.6. The second-order valence-electron chi connectivity index (χ2n) is 6.53. The molecule has 3 heterocycles. The van der Waals surface area contributed by atoms with Gasteiger partial charge in [0.25, 0.3) is 5.91 Å². The number of pyridine rings is 1. The van der Waals surface area contributed by atoms with Gasteiger partial charge in [-0.25, -0.2) is 4.98 Å². The van der Waals surface area contributed by atoms with E-state index in [0.717, 1.165) is 21.8 Å². The van der Waals surface area contributed by atoms with Gasteiger partial charge in [0.2, 0.25) is 0 Å². The van der Waals surface area contributed by atoms with Gasteiger partial charge in [-0.2, -0.15) is 5.10 Å². The van der Waals surface area contributed by atoms with E-state index in [1.807, 2.05) is 30.5 Å². The molecule has 0 aliphatic heterocycles. The van der Waals surface area contributed by atoms with E-state index in [2.05, 4.69) is 46.4 Å². The van der Waals surface area contributed by atoms with Crippen molar-refractivity contribution in [2.75, 3.05) is 5.32 Å². The second kappa shape index (κ2) is 7.74. The Kier molecular flexibility index (Phi) is 4.99. The van der Waals surface area contributed by atoms with Crippen molar-refractivity contribution >= 4 is 23.1 Å². The van der Waals surface area contributed by atoms with Gasteiger partial charge < -0.3 is 5.32 Å². The van der Waals surface area contributed by atoms with Gasteiger partial charge in [-0.05, 0) is 31.5 Å². The lowest BCUT2D eigenvalue weighted by Crippen LogP contribution is -2.13. The predicted octanol–water partition coefficient (Wildman–Crippen LogP) is 4.32. The van der Waals surface area contributed by atoms with Crippen LogP contribution in [0.15, 0.2) is 60.2 Å². The molecule has 7 heteroatoms. The van der Waals surface area contributed by atoms with Crippen LogP contribution in [0.25, 0.3) is 10.6 Å². The number of hydrogen-bond acceptors (Lipinski definition) is 5. The van der Waals surface area contributed by atoms with Crippen molar-refractivity contribution in [2.45, 2.75) is 20.4 Å². The first-order chi connectivity index (χ1) is 13.6. The average molecular weight is 389 g/mol. The van der Waals surface area contributed by atoms with Crippen molar-refractivity contribution in [3.05, 3.63) is 82.8 Å². The fourth-order valence-corrected chi connectivity index (χ4v) is 3.80. The molecule has 0 saturated heterocycles. The van der Waals surface area contributed by atoms with Gasteiger partial charge >= 0.3 is 0 Å². The van der Waals surface area contributed by atoms with Crippen LogP contribution in [0.5, 0.6) is 0 Å². The number of nitrogens with one attached hydrogen (secondary N) is 1. The quantitative estimate of drug-likeness (QED) is 0.552. The molecule has 6 nitrogen and oxygen atoms in total. The van der Waals surface area contributed by atoms with E-state index in [-0.39, 0.29) is 5.91 Å². The number of aromatic nitrogens is 4. The number of aryl methyl sites for hydroxylation is 2. The van der Waals surface area contributed by atoms with Crippen molar-refractivity contribution in [2.24, 2.45) is 0 Å². The molecule has 0 unspecified atom stereocenters. The standard InChI is InChI=1S/C21H19N5OS/c1-14-6-7-17(15(2)11-14)21-23-18(13-28-21)20(27)24-19-8-10-26(25-19)12-16-5-3-4-9-22-16/h3-11,13H,12H2,1-2H3,(H,24,25,27). The smallest absolute Gasteiger partial charge is 0.276 e. The number of carbonyl (C=O) groups excluding carboxylic acids is 1. The molecule has 0 radical (unpaired) electrons. The van der Waals surface area contributed by atoms with Crippen LogP contribution in [0.3, 0.4) is 0 Å². The largest absolute Gasteiger partial charge is 0.304 e. The lowest BCUT2D eigenvalue weighted by Gasteiger charge is -2.03. The lowest BCUT2D eigenvalue weighted by atomic mass is 10.1. The highest BCUT2D eigenvalue weighted by Crippen LogP contribution is 2.27. The molecule has 3 aromatic heterocycles. The molecule has 0 spiro atoms. The molecule has 4 aromatic rings. The molecule has 0 fully saturated rings. The summed E-state index contributed by atoms with van der Waals surface area (Å²) in [6.45, 7) is 4.66. The van der Waals surface area contributed by atoms with Crippen LogP contribution in [0, 0.1) is 13.8 Å². The molecule has 0 atom stereocenters. The van der Waals surface area contributed by atoms with Crippen LogP contribution in [-0.4, -0.2) is 25.7 Å². The zero-order chi connectivity index (χ0) is 19.5. The van der Waals surface area contributed by atoms with Crippen LogP contribution in [0.2, 0.25) is 0 Å². The molecule has 1 amide bonds. The summed E-state index contributed by atoms with van der Waals surface area (Å²) >= 11 is 1.46. The Labute approximate surface area is 166 Å². The first kappa shape index (κ1) is 18.1. The van der Waals surface area contributed by atoms with Gasteiger partial charge in [0.1, 0.15) is 10.7 Å². The predicted molar refractivity (Wildman–Crippen MR) is 111 cm³/mol. The molecular weight excluding hydrogens is 370 g/mol. The fraction of sp³-hybridized carbons (Fsp3) is 0.143. The maximum atomic E-state index is 12.5. The summed E-state index contributed by atoms with van der Waals surface area (Å²) in [4.78, 5) is 21.3. The highest BCUT2D eigenvalue weighted by molar-refractivity contribution is 7.13.